The first-order chi connectivity index (χ1) is 4.57. The summed E-state index contributed by atoms with van der Waals surface area (Å²) in [7, 11) is 0. The number of ketones is 2. The summed E-state index contributed by atoms with van der Waals surface area (Å²) in [6.07, 6.45) is 2.03. The summed E-state index contributed by atoms with van der Waals surface area (Å²) in [5.74, 6) is -0.0789. The fraction of sp³-hybridized carbons (Fsp3) is 0.500. The van der Waals surface area contributed by atoms with E-state index in [-0.39, 0.29) is 11.6 Å². The van der Waals surface area contributed by atoms with Gasteiger partial charge in [-0.15, -0.1) is 0 Å². The van der Waals surface area contributed by atoms with E-state index in [1.165, 1.54) is 19.9 Å². The molecule has 2 heteroatoms. The smallest absolute Gasteiger partial charge is 0.155 e. The number of carbonyl (C=O) groups excluding carboxylic acids is 2. The van der Waals surface area contributed by atoms with E-state index in [4.69, 9.17) is 0 Å². The summed E-state index contributed by atoms with van der Waals surface area (Å²) in [6, 6.07) is 0. The third-order valence-corrected chi connectivity index (χ3v) is 1.21. The van der Waals surface area contributed by atoms with Gasteiger partial charge in [0.05, 0.1) is 0 Å². The Morgan fingerprint density at radius 3 is 1.90 bits per heavy atom. The predicted molar refractivity (Wildman–Crippen MR) is 39.7 cm³/mol. The fourth-order valence-corrected chi connectivity index (χ4v) is 0.698. The minimum atomic E-state index is -0.0629. The van der Waals surface area contributed by atoms with Gasteiger partial charge >= 0.3 is 0 Å². The van der Waals surface area contributed by atoms with Crippen LogP contribution in [0.15, 0.2) is 11.6 Å². The van der Waals surface area contributed by atoms with Crippen molar-refractivity contribution in [2.75, 3.05) is 0 Å². The molecule has 0 N–H and O–H groups in total. The molecule has 0 atom stereocenters. The maximum Gasteiger partial charge on any atom is 0.155 e. The van der Waals surface area contributed by atoms with E-state index < -0.39 is 0 Å². The Kier molecular flexibility index (Phi) is 3.62. The van der Waals surface area contributed by atoms with Gasteiger partial charge in [0.15, 0.2) is 11.6 Å². The van der Waals surface area contributed by atoms with Crippen LogP contribution >= 0.6 is 0 Å². The second kappa shape index (κ2) is 3.99. The van der Waals surface area contributed by atoms with E-state index >= 15 is 0 Å². The Morgan fingerprint density at radius 2 is 1.80 bits per heavy atom. The van der Waals surface area contributed by atoms with Gasteiger partial charge in [0.1, 0.15) is 0 Å². The molecule has 0 unspecified atom stereocenters. The first-order valence-corrected chi connectivity index (χ1v) is 3.30. The third kappa shape index (κ3) is 3.17. The quantitative estimate of drug-likeness (QED) is 0.557. The normalized spacial score (nSPS) is 11.3. The Labute approximate surface area is 60.9 Å². The lowest BCUT2D eigenvalue weighted by Crippen LogP contribution is -1.97. The highest BCUT2D eigenvalue weighted by Crippen LogP contribution is 2.00. The molecular weight excluding hydrogens is 128 g/mol. The van der Waals surface area contributed by atoms with Gasteiger partial charge in [0.2, 0.25) is 0 Å². The van der Waals surface area contributed by atoms with Crippen LogP contribution in [-0.2, 0) is 9.59 Å². The van der Waals surface area contributed by atoms with Crippen LogP contribution in [0.1, 0.15) is 27.2 Å². The average molecular weight is 140 g/mol. The average Bonchev–Trinajstić information content (AvgIpc) is 1.81. The molecule has 0 bridgehead atoms. The van der Waals surface area contributed by atoms with Crippen molar-refractivity contribution in [3.8, 4) is 0 Å². The molecule has 0 aromatic heterocycles. The highest BCUT2D eigenvalue weighted by atomic mass is 16.1. The van der Waals surface area contributed by atoms with Crippen molar-refractivity contribution >= 4 is 11.6 Å². The second-order valence-corrected chi connectivity index (χ2v) is 2.19. The molecule has 0 spiro atoms. The van der Waals surface area contributed by atoms with Crippen molar-refractivity contribution in [2.24, 2.45) is 0 Å². The molecule has 0 aliphatic heterocycles. The Morgan fingerprint density at radius 1 is 1.30 bits per heavy atom. The van der Waals surface area contributed by atoms with Gasteiger partial charge in [0, 0.05) is 0 Å². The lowest BCUT2D eigenvalue weighted by molar-refractivity contribution is -0.115. The third-order valence-electron chi connectivity index (χ3n) is 1.21. The molecule has 0 saturated carbocycles. The largest absolute Gasteiger partial charge is 0.295 e. The van der Waals surface area contributed by atoms with Crippen molar-refractivity contribution < 1.29 is 9.59 Å². The zero-order valence-electron chi connectivity index (χ0n) is 6.60. The highest BCUT2D eigenvalue weighted by molar-refractivity contribution is 6.00. The van der Waals surface area contributed by atoms with E-state index in [2.05, 4.69) is 0 Å². The molecule has 0 amide bonds. The number of hydrogen-bond acceptors (Lipinski definition) is 2. The molecule has 0 aromatic carbocycles. The summed E-state index contributed by atoms with van der Waals surface area (Å²) in [5, 5.41) is 0. The van der Waals surface area contributed by atoms with Crippen LogP contribution in [0.3, 0.4) is 0 Å². The molecule has 2 nitrogen and oxygen atoms in total. The van der Waals surface area contributed by atoms with Crippen LogP contribution < -0.4 is 0 Å². The van der Waals surface area contributed by atoms with Crippen LogP contribution in [0.5, 0.6) is 0 Å². The first kappa shape index (κ1) is 9.08. The maximum absolute atomic E-state index is 10.7. The first-order valence-electron chi connectivity index (χ1n) is 3.30. The molecule has 0 rings (SSSR count). The molecule has 0 aromatic rings. The van der Waals surface area contributed by atoms with E-state index in [0.29, 0.717) is 12.0 Å². The van der Waals surface area contributed by atoms with E-state index in [1.807, 2.05) is 6.92 Å². The number of hydrogen-bond donors (Lipinski definition) is 0. The maximum atomic E-state index is 10.7. The lowest BCUT2D eigenvalue weighted by atomic mass is 10.1. The van der Waals surface area contributed by atoms with Crippen molar-refractivity contribution in [3.05, 3.63) is 11.6 Å². The van der Waals surface area contributed by atoms with Crippen molar-refractivity contribution in [3.63, 3.8) is 0 Å². The molecule has 0 radical (unpaired) electrons. The van der Waals surface area contributed by atoms with Crippen LogP contribution in [0, 0.1) is 0 Å². The van der Waals surface area contributed by atoms with Crippen molar-refractivity contribution in [2.45, 2.75) is 27.2 Å². The summed E-state index contributed by atoms with van der Waals surface area (Å²) in [4.78, 5) is 21.2. The van der Waals surface area contributed by atoms with E-state index in [1.54, 1.807) is 0 Å². The SMILES string of the molecule is CCC(=CC(C)=O)C(C)=O. The molecule has 0 saturated heterocycles. The summed E-state index contributed by atoms with van der Waals surface area (Å²) in [6.45, 7) is 4.77. The van der Waals surface area contributed by atoms with Crippen LogP contribution in [-0.4, -0.2) is 11.6 Å². The molecule has 0 aliphatic carbocycles. The van der Waals surface area contributed by atoms with E-state index in [9.17, 15) is 9.59 Å². The second-order valence-electron chi connectivity index (χ2n) is 2.19. The Balaban J connectivity index is 4.34. The zero-order chi connectivity index (χ0) is 8.15. The van der Waals surface area contributed by atoms with Crippen molar-refractivity contribution in [1.82, 2.24) is 0 Å². The molecule has 0 aliphatic rings. The van der Waals surface area contributed by atoms with Gasteiger partial charge < -0.3 is 0 Å². The zero-order valence-corrected chi connectivity index (χ0v) is 6.60. The molecule has 56 valence electrons. The lowest BCUT2D eigenvalue weighted by Gasteiger charge is -1.94. The predicted octanol–water partition coefficient (Wildman–Crippen LogP) is 1.50. The van der Waals surface area contributed by atoms with Crippen LogP contribution in [0.25, 0.3) is 0 Å². The fourth-order valence-electron chi connectivity index (χ4n) is 0.698. The molecule has 10 heavy (non-hydrogen) atoms. The number of allylic oxidation sites excluding steroid dienone is 2. The van der Waals surface area contributed by atoms with Gasteiger partial charge in [-0.3, -0.25) is 9.59 Å². The molecular formula is C8H12O2. The Hall–Kier alpha value is -0.920. The summed E-state index contributed by atoms with van der Waals surface area (Å²) >= 11 is 0. The van der Waals surface area contributed by atoms with Gasteiger partial charge in [-0.2, -0.15) is 0 Å². The van der Waals surface area contributed by atoms with Crippen LogP contribution in [0.2, 0.25) is 0 Å². The monoisotopic (exact) mass is 140 g/mol. The Bertz CT molecular complexity index is 178. The minimum Gasteiger partial charge on any atom is -0.295 e. The number of carbonyl (C=O) groups is 2. The van der Waals surface area contributed by atoms with E-state index in [0.717, 1.165) is 0 Å². The standard InChI is InChI=1S/C8H12O2/c1-4-8(7(3)10)5-6(2)9/h5H,4H2,1-3H3. The van der Waals surface area contributed by atoms with Crippen molar-refractivity contribution in [1.29, 1.82) is 0 Å². The van der Waals surface area contributed by atoms with Gasteiger partial charge in [0.25, 0.3) is 0 Å². The topological polar surface area (TPSA) is 34.1 Å². The number of Topliss-reactive ketones (excluding diaryl/α,β-unsaturated/α-hetero) is 1. The van der Waals surface area contributed by atoms with Gasteiger partial charge in [-0.25, -0.2) is 0 Å². The minimum absolute atomic E-state index is 0.0160. The highest BCUT2D eigenvalue weighted by Gasteiger charge is 2.00. The summed E-state index contributed by atoms with van der Waals surface area (Å²) in [5.41, 5.74) is 0.604. The van der Waals surface area contributed by atoms with Gasteiger partial charge in [-0.05, 0) is 31.9 Å². The van der Waals surface area contributed by atoms with Crippen LogP contribution in [0.4, 0.5) is 0 Å². The number of rotatable bonds is 3. The summed E-state index contributed by atoms with van der Waals surface area (Å²) < 4.78 is 0. The molecule has 0 fully saturated rings. The van der Waals surface area contributed by atoms with Gasteiger partial charge in [-0.1, -0.05) is 6.92 Å². The molecule has 0 heterocycles.